The van der Waals surface area contributed by atoms with E-state index in [1.54, 1.807) is 7.11 Å². The van der Waals surface area contributed by atoms with Gasteiger partial charge in [-0.05, 0) is 55.5 Å². The molecular weight excluding hydrogens is 378 g/mol. The van der Waals surface area contributed by atoms with Gasteiger partial charge in [-0.15, -0.1) is 0 Å². The predicted molar refractivity (Wildman–Crippen MR) is 119 cm³/mol. The minimum atomic E-state index is 0.660. The Morgan fingerprint density at radius 3 is 2.17 bits per heavy atom. The van der Waals surface area contributed by atoms with Crippen LogP contribution < -0.4 is 14.5 Å². The number of anilines is 2. The van der Waals surface area contributed by atoms with E-state index in [1.807, 2.05) is 35.9 Å². The lowest BCUT2D eigenvalue weighted by molar-refractivity contribution is 0.112. The molecule has 2 aliphatic heterocycles. The van der Waals surface area contributed by atoms with Crippen molar-refractivity contribution in [3.8, 4) is 17.0 Å². The minimum absolute atomic E-state index is 0.660. The summed E-state index contributed by atoms with van der Waals surface area (Å²) in [4.78, 5) is 26.9. The van der Waals surface area contributed by atoms with Gasteiger partial charge in [-0.2, -0.15) is 9.97 Å². The summed E-state index contributed by atoms with van der Waals surface area (Å²) in [5, 5.41) is 0.864. The first kappa shape index (κ1) is 18.9. The van der Waals surface area contributed by atoms with Crippen LogP contribution in [-0.2, 0) is 7.05 Å². The molecule has 7 nitrogen and oxygen atoms in total. The molecule has 0 bridgehead atoms. The Hall–Kier alpha value is -3.09. The number of carbonyl (C=O) groups is 1. The van der Waals surface area contributed by atoms with Gasteiger partial charge in [-0.3, -0.25) is 4.79 Å². The van der Waals surface area contributed by atoms with E-state index in [-0.39, 0.29) is 0 Å². The van der Waals surface area contributed by atoms with E-state index < -0.39 is 0 Å². The minimum Gasteiger partial charge on any atom is -0.497 e. The van der Waals surface area contributed by atoms with Crippen LogP contribution in [-0.4, -0.2) is 54.1 Å². The molecule has 0 atom stereocenters. The van der Waals surface area contributed by atoms with Crippen molar-refractivity contribution in [3.63, 3.8) is 0 Å². The van der Waals surface area contributed by atoms with E-state index in [1.165, 1.54) is 12.8 Å². The quantitative estimate of drug-likeness (QED) is 0.604. The molecule has 1 aromatic carbocycles. The standard InChI is InChI=1S/C23H27N5O2/c1-26-20(16-7-9-17(30-2)10-8-16)18(15-29)19-21(26)24-23(28-13-5-6-14-28)25-22(19)27-11-3-4-12-27/h7-10,15H,3-6,11-14H2,1-2H3. The Balaban J connectivity index is 1.76. The Morgan fingerprint density at radius 1 is 0.933 bits per heavy atom. The second-order valence-electron chi connectivity index (χ2n) is 8.10. The zero-order valence-electron chi connectivity index (χ0n) is 17.6. The molecule has 2 fully saturated rings. The molecule has 0 amide bonds. The van der Waals surface area contributed by atoms with Crippen molar-refractivity contribution in [2.45, 2.75) is 25.7 Å². The highest BCUT2D eigenvalue weighted by atomic mass is 16.5. The predicted octanol–water partition coefficient (Wildman–Crippen LogP) is 3.66. The summed E-state index contributed by atoms with van der Waals surface area (Å²) in [7, 11) is 3.64. The maximum Gasteiger partial charge on any atom is 0.229 e. The first-order valence-corrected chi connectivity index (χ1v) is 10.7. The number of hydrogen-bond acceptors (Lipinski definition) is 6. The van der Waals surface area contributed by atoms with E-state index >= 15 is 0 Å². The molecular formula is C23H27N5O2. The number of aldehydes is 1. The second kappa shape index (κ2) is 7.63. The molecule has 2 aromatic heterocycles. The van der Waals surface area contributed by atoms with E-state index in [9.17, 15) is 4.79 Å². The summed E-state index contributed by atoms with van der Waals surface area (Å²) in [5.74, 6) is 2.47. The van der Waals surface area contributed by atoms with Crippen molar-refractivity contribution in [1.82, 2.24) is 14.5 Å². The van der Waals surface area contributed by atoms with E-state index in [0.29, 0.717) is 5.56 Å². The van der Waals surface area contributed by atoms with Crippen LogP contribution in [0.15, 0.2) is 24.3 Å². The Labute approximate surface area is 176 Å². The Morgan fingerprint density at radius 2 is 1.57 bits per heavy atom. The van der Waals surface area contributed by atoms with Crippen molar-refractivity contribution in [3.05, 3.63) is 29.8 Å². The first-order valence-electron chi connectivity index (χ1n) is 10.7. The zero-order chi connectivity index (χ0) is 20.7. The molecule has 7 heteroatoms. The summed E-state index contributed by atoms with van der Waals surface area (Å²) in [5.41, 5.74) is 3.32. The lowest BCUT2D eigenvalue weighted by atomic mass is 10.1. The van der Waals surface area contributed by atoms with Gasteiger partial charge < -0.3 is 19.1 Å². The molecule has 0 N–H and O–H groups in total. The number of carbonyl (C=O) groups excluding carboxylic acids is 1. The maximum absolute atomic E-state index is 12.3. The molecule has 3 aromatic rings. The van der Waals surface area contributed by atoms with Crippen LogP contribution in [0.5, 0.6) is 5.75 Å². The highest BCUT2D eigenvalue weighted by molar-refractivity contribution is 6.09. The van der Waals surface area contributed by atoms with Crippen molar-refractivity contribution < 1.29 is 9.53 Å². The van der Waals surface area contributed by atoms with Crippen molar-refractivity contribution in [2.75, 3.05) is 43.1 Å². The number of nitrogens with zero attached hydrogens (tertiary/aromatic N) is 5. The number of aryl methyl sites for hydroxylation is 1. The molecule has 0 unspecified atom stereocenters. The second-order valence-corrected chi connectivity index (χ2v) is 8.10. The van der Waals surface area contributed by atoms with Crippen LogP contribution in [0.2, 0.25) is 0 Å². The number of methoxy groups -OCH3 is 1. The normalized spacial score (nSPS) is 16.6. The molecule has 156 valence electrons. The molecule has 0 radical (unpaired) electrons. The van der Waals surface area contributed by atoms with Gasteiger partial charge in [0.1, 0.15) is 17.2 Å². The third-order valence-electron chi connectivity index (χ3n) is 6.31. The summed E-state index contributed by atoms with van der Waals surface area (Å²) in [6.45, 7) is 3.91. The Kier molecular flexibility index (Phi) is 4.81. The zero-order valence-corrected chi connectivity index (χ0v) is 17.6. The maximum atomic E-state index is 12.3. The summed E-state index contributed by atoms with van der Waals surface area (Å²) in [6, 6.07) is 7.82. The fourth-order valence-electron chi connectivity index (χ4n) is 4.74. The first-order chi connectivity index (χ1) is 14.7. The van der Waals surface area contributed by atoms with Crippen LogP contribution in [0.4, 0.5) is 11.8 Å². The molecule has 2 saturated heterocycles. The average molecular weight is 406 g/mol. The van der Waals surface area contributed by atoms with E-state index in [2.05, 4.69) is 9.80 Å². The van der Waals surface area contributed by atoms with Crippen LogP contribution in [0.1, 0.15) is 36.0 Å². The summed E-state index contributed by atoms with van der Waals surface area (Å²) < 4.78 is 7.34. The van der Waals surface area contributed by atoms with Crippen molar-refractivity contribution >= 4 is 29.1 Å². The van der Waals surface area contributed by atoms with E-state index in [4.69, 9.17) is 14.7 Å². The van der Waals surface area contributed by atoms with Gasteiger partial charge in [-0.25, -0.2) is 0 Å². The summed E-state index contributed by atoms with van der Waals surface area (Å²) in [6.07, 6.45) is 5.60. The third kappa shape index (κ3) is 3.00. The van der Waals surface area contributed by atoms with Crippen LogP contribution in [0.25, 0.3) is 22.3 Å². The van der Waals surface area contributed by atoms with Gasteiger partial charge >= 0.3 is 0 Å². The molecule has 4 heterocycles. The van der Waals surface area contributed by atoms with Gasteiger partial charge in [0, 0.05) is 33.2 Å². The van der Waals surface area contributed by atoms with Gasteiger partial charge in [0.05, 0.1) is 23.8 Å². The molecule has 30 heavy (non-hydrogen) atoms. The molecule has 0 spiro atoms. The SMILES string of the molecule is COc1ccc(-c2c(C=O)c3c(N4CCCC4)nc(N4CCCC4)nc3n2C)cc1. The lowest BCUT2D eigenvalue weighted by Crippen LogP contribution is -2.24. The van der Waals surface area contributed by atoms with Gasteiger partial charge in [0.25, 0.3) is 0 Å². The molecule has 0 aliphatic carbocycles. The number of fused-ring (bicyclic) bond motifs is 1. The van der Waals surface area contributed by atoms with Crippen LogP contribution in [0.3, 0.4) is 0 Å². The number of rotatable bonds is 5. The third-order valence-corrected chi connectivity index (χ3v) is 6.31. The number of hydrogen-bond donors (Lipinski definition) is 0. The van der Waals surface area contributed by atoms with E-state index in [0.717, 1.165) is 85.1 Å². The van der Waals surface area contributed by atoms with Gasteiger partial charge in [0.15, 0.2) is 6.29 Å². The van der Waals surface area contributed by atoms with Crippen LogP contribution >= 0.6 is 0 Å². The number of benzene rings is 1. The molecule has 2 aliphatic rings. The van der Waals surface area contributed by atoms with Crippen LogP contribution in [0, 0.1) is 0 Å². The topological polar surface area (TPSA) is 63.5 Å². The van der Waals surface area contributed by atoms with Gasteiger partial charge in [-0.1, -0.05) is 0 Å². The fraction of sp³-hybridized carbons (Fsp3) is 0.435. The highest BCUT2D eigenvalue weighted by Gasteiger charge is 2.28. The van der Waals surface area contributed by atoms with Gasteiger partial charge in [0.2, 0.25) is 5.95 Å². The lowest BCUT2D eigenvalue weighted by Gasteiger charge is -2.21. The van der Waals surface area contributed by atoms with Crippen molar-refractivity contribution in [2.24, 2.45) is 7.05 Å². The monoisotopic (exact) mass is 405 g/mol. The molecule has 5 rings (SSSR count). The smallest absolute Gasteiger partial charge is 0.229 e. The number of ether oxygens (including phenoxy) is 1. The summed E-state index contributed by atoms with van der Waals surface area (Å²) >= 11 is 0. The molecule has 0 saturated carbocycles. The average Bonchev–Trinajstić information content (AvgIpc) is 3.54. The number of aromatic nitrogens is 3. The highest BCUT2D eigenvalue weighted by Crippen LogP contribution is 2.38. The fourth-order valence-corrected chi connectivity index (χ4v) is 4.74. The van der Waals surface area contributed by atoms with Crippen molar-refractivity contribution in [1.29, 1.82) is 0 Å². The Bertz CT molecular complexity index is 1080. The largest absolute Gasteiger partial charge is 0.497 e.